The van der Waals surface area contributed by atoms with E-state index in [1.165, 1.54) is 0 Å². The molecule has 0 aliphatic carbocycles. The lowest BCUT2D eigenvalue weighted by molar-refractivity contribution is -0.132. The Bertz CT molecular complexity index is 504. The van der Waals surface area contributed by atoms with Crippen LogP contribution in [0.25, 0.3) is 0 Å². The van der Waals surface area contributed by atoms with E-state index in [2.05, 4.69) is 5.32 Å². The zero-order chi connectivity index (χ0) is 16.8. The van der Waals surface area contributed by atoms with E-state index in [4.69, 9.17) is 15.2 Å². The normalized spacial score (nSPS) is 22.1. The van der Waals surface area contributed by atoms with Gasteiger partial charge in [-0.05, 0) is 44.4 Å². The molecule has 0 bridgehead atoms. The summed E-state index contributed by atoms with van der Waals surface area (Å²) < 4.78 is 11.1. The highest BCUT2D eigenvalue weighted by molar-refractivity contribution is 5.81. The number of amides is 1. The minimum atomic E-state index is -0.765. The second-order valence-corrected chi connectivity index (χ2v) is 6.06. The lowest BCUT2D eigenvalue weighted by Crippen LogP contribution is -2.37. The summed E-state index contributed by atoms with van der Waals surface area (Å²) in [6.45, 7) is 4.49. The van der Waals surface area contributed by atoms with Crippen molar-refractivity contribution in [3.8, 4) is 5.75 Å². The summed E-state index contributed by atoms with van der Waals surface area (Å²) in [5.74, 6) is 0.562. The molecule has 1 amide bonds. The SMILES string of the molecule is CC(C)Oc1ccc(C(O)CNC(=O)[C@@H]2CC[C@H](CN)O2)cc1. The first kappa shape index (κ1) is 17.7. The van der Waals surface area contributed by atoms with Gasteiger partial charge < -0.3 is 25.6 Å². The molecule has 6 heteroatoms. The van der Waals surface area contributed by atoms with Crippen LogP contribution in [0.3, 0.4) is 0 Å². The zero-order valence-corrected chi connectivity index (χ0v) is 13.7. The van der Waals surface area contributed by atoms with Crippen molar-refractivity contribution in [2.24, 2.45) is 5.73 Å². The van der Waals surface area contributed by atoms with Crippen molar-refractivity contribution < 1.29 is 19.4 Å². The summed E-state index contributed by atoms with van der Waals surface area (Å²) >= 11 is 0. The molecule has 1 saturated heterocycles. The molecular weight excluding hydrogens is 296 g/mol. The number of carbonyl (C=O) groups is 1. The maximum absolute atomic E-state index is 12.0. The molecule has 3 atom stereocenters. The van der Waals surface area contributed by atoms with Gasteiger partial charge in [-0.25, -0.2) is 0 Å². The fraction of sp³-hybridized carbons (Fsp3) is 0.588. The van der Waals surface area contributed by atoms with E-state index in [9.17, 15) is 9.90 Å². The number of aliphatic hydroxyl groups is 1. The van der Waals surface area contributed by atoms with E-state index in [-0.39, 0.29) is 24.7 Å². The Morgan fingerprint density at radius 3 is 2.65 bits per heavy atom. The van der Waals surface area contributed by atoms with Crippen molar-refractivity contribution in [2.45, 2.75) is 51.1 Å². The molecule has 2 rings (SSSR count). The van der Waals surface area contributed by atoms with Crippen LogP contribution in [0.5, 0.6) is 5.75 Å². The Hall–Kier alpha value is -1.63. The predicted molar refractivity (Wildman–Crippen MR) is 87.1 cm³/mol. The minimum absolute atomic E-state index is 0.0378. The number of ether oxygens (including phenoxy) is 2. The van der Waals surface area contributed by atoms with Crippen molar-refractivity contribution in [3.05, 3.63) is 29.8 Å². The van der Waals surface area contributed by atoms with Crippen molar-refractivity contribution in [3.63, 3.8) is 0 Å². The zero-order valence-electron chi connectivity index (χ0n) is 13.7. The Morgan fingerprint density at radius 1 is 1.39 bits per heavy atom. The molecule has 1 aromatic carbocycles. The topological polar surface area (TPSA) is 93.8 Å². The molecule has 1 fully saturated rings. The highest BCUT2D eigenvalue weighted by atomic mass is 16.5. The number of aliphatic hydroxyl groups excluding tert-OH is 1. The number of carbonyl (C=O) groups excluding carboxylic acids is 1. The number of benzene rings is 1. The van der Waals surface area contributed by atoms with Crippen LogP contribution in [0.1, 0.15) is 38.4 Å². The molecular formula is C17H26N2O4. The number of rotatable bonds is 7. The van der Waals surface area contributed by atoms with E-state index >= 15 is 0 Å². The quantitative estimate of drug-likeness (QED) is 0.700. The first-order valence-electron chi connectivity index (χ1n) is 8.07. The number of nitrogens with one attached hydrogen (secondary N) is 1. The molecule has 1 aliphatic rings. The van der Waals surface area contributed by atoms with Gasteiger partial charge in [-0.1, -0.05) is 12.1 Å². The first-order valence-corrected chi connectivity index (χ1v) is 8.07. The maximum atomic E-state index is 12.0. The van der Waals surface area contributed by atoms with E-state index in [0.717, 1.165) is 17.7 Å². The molecule has 0 saturated carbocycles. The van der Waals surface area contributed by atoms with E-state index in [1.807, 2.05) is 26.0 Å². The Morgan fingerprint density at radius 2 is 2.09 bits per heavy atom. The summed E-state index contributed by atoms with van der Waals surface area (Å²) in [5.41, 5.74) is 6.26. The van der Waals surface area contributed by atoms with Crippen molar-refractivity contribution >= 4 is 5.91 Å². The largest absolute Gasteiger partial charge is 0.491 e. The van der Waals surface area contributed by atoms with Crippen LogP contribution in [-0.4, -0.2) is 42.4 Å². The number of hydrogen-bond donors (Lipinski definition) is 3. The maximum Gasteiger partial charge on any atom is 0.249 e. The van der Waals surface area contributed by atoms with E-state index in [0.29, 0.717) is 13.0 Å². The molecule has 0 spiro atoms. The van der Waals surface area contributed by atoms with E-state index < -0.39 is 12.2 Å². The molecule has 0 radical (unpaired) electrons. The smallest absolute Gasteiger partial charge is 0.249 e. The van der Waals surface area contributed by atoms with Gasteiger partial charge in [0, 0.05) is 13.1 Å². The van der Waals surface area contributed by atoms with Crippen LogP contribution >= 0.6 is 0 Å². The molecule has 6 nitrogen and oxygen atoms in total. The average molecular weight is 322 g/mol. The number of nitrogens with two attached hydrogens (primary N) is 1. The third kappa shape index (κ3) is 5.20. The van der Waals surface area contributed by atoms with Crippen LogP contribution < -0.4 is 15.8 Å². The lowest BCUT2D eigenvalue weighted by Gasteiger charge is -2.16. The van der Waals surface area contributed by atoms with Gasteiger partial charge in [-0.3, -0.25) is 4.79 Å². The van der Waals surface area contributed by atoms with Crippen LogP contribution in [-0.2, 0) is 9.53 Å². The van der Waals surface area contributed by atoms with E-state index in [1.54, 1.807) is 12.1 Å². The molecule has 1 unspecified atom stereocenters. The molecule has 4 N–H and O–H groups in total. The second-order valence-electron chi connectivity index (χ2n) is 6.06. The molecule has 128 valence electrons. The minimum Gasteiger partial charge on any atom is -0.491 e. The Labute approximate surface area is 137 Å². The van der Waals surface area contributed by atoms with Crippen LogP contribution in [0.15, 0.2) is 24.3 Å². The highest BCUT2D eigenvalue weighted by Gasteiger charge is 2.29. The van der Waals surface area contributed by atoms with Crippen molar-refractivity contribution in [2.75, 3.05) is 13.1 Å². The van der Waals surface area contributed by atoms with Crippen LogP contribution in [0, 0.1) is 0 Å². The average Bonchev–Trinajstić information content (AvgIpc) is 3.01. The summed E-state index contributed by atoms with van der Waals surface area (Å²) in [4.78, 5) is 12.0. The standard InChI is InChI=1S/C17H26N2O4/c1-11(2)22-13-5-3-12(4-6-13)15(20)10-19-17(21)16-8-7-14(9-18)23-16/h3-6,11,14-16,20H,7-10,18H2,1-2H3,(H,19,21)/t14-,15?,16+/m1/s1. The third-order valence-corrected chi connectivity index (χ3v) is 3.77. The molecule has 23 heavy (non-hydrogen) atoms. The summed E-state index contributed by atoms with van der Waals surface area (Å²) in [5, 5.41) is 12.9. The highest BCUT2D eigenvalue weighted by Crippen LogP contribution is 2.20. The predicted octanol–water partition coefficient (Wildman–Crippen LogP) is 1.13. The fourth-order valence-corrected chi connectivity index (χ4v) is 2.54. The second kappa shape index (κ2) is 8.29. The summed E-state index contributed by atoms with van der Waals surface area (Å²) in [6.07, 6.45) is 0.314. The molecule has 1 aromatic rings. The van der Waals surface area contributed by atoms with Crippen molar-refractivity contribution in [1.29, 1.82) is 0 Å². The Kier molecular flexibility index (Phi) is 6.38. The van der Waals surface area contributed by atoms with Gasteiger partial charge >= 0.3 is 0 Å². The van der Waals surface area contributed by atoms with Crippen LogP contribution in [0.2, 0.25) is 0 Å². The summed E-state index contributed by atoms with van der Waals surface area (Å²) in [6, 6.07) is 7.22. The molecule has 1 heterocycles. The van der Waals surface area contributed by atoms with Gasteiger partial charge in [0.2, 0.25) is 5.91 Å². The van der Waals surface area contributed by atoms with Gasteiger partial charge in [0.15, 0.2) is 0 Å². The fourth-order valence-electron chi connectivity index (χ4n) is 2.54. The first-order chi connectivity index (χ1) is 11.0. The van der Waals surface area contributed by atoms with Gasteiger partial charge in [0.1, 0.15) is 11.9 Å². The van der Waals surface area contributed by atoms with Gasteiger partial charge in [0.05, 0.1) is 18.3 Å². The molecule has 0 aromatic heterocycles. The Balaban J connectivity index is 1.80. The van der Waals surface area contributed by atoms with Crippen molar-refractivity contribution in [1.82, 2.24) is 5.32 Å². The lowest BCUT2D eigenvalue weighted by atomic mass is 10.1. The third-order valence-electron chi connectivity index (χ3n) is 3.77. The summed E-state index contributed by atoms with van der Waals surface area (Å²) in [7, 11) is 0. The van der Waals surface area contributed by atoms with Crippen LogP contribution in [0.4, 0.5) is 0 Å². The monoisotopic (exact) mass is 322 g/mol. The van der Waals surface area contributed by atoms with Gasteiger partial charge in [-0.15, -0.1) is 0 Å². The van der Waals surface area contributed by atoms with Gasteiger partial charge in [-0.2, -0.15) is 0 Å². The number of hydrogen-bond acceptors (Lipinski definition) is 5. The van der Waals surface area contributed by atoms with Gasteiger partial charge in [0.25, 0.3) is 0 Å². The molecule has 1 aliphatic heterocycles.